The predicted octanol–water partition coefficient (Wildman–Crippen LogP) is 2.62. The van der Waals surface area contributed by atoms with Gasteiger partial charge in [-0.25, -0.2) is 4.79 Å². The molecule has 6 heteroatoms. The van der Waals surface area contributed by atoms with Crippen molar-refractivity contribution in [2.75, 3.05) is 13.2 Å². The van der Waals surface area contributed by atoms with Crippen molar-refractivity contribution in [2.45, 2.75) is 47.1 Å². The van der Waals surface area contributed by atoms with Crippen LogP contribution in [0.3, 0.4) is 0 Å². The molecule has 0 radical (unpaired) electrons. The summed E-state index contributed by atoms with van der Waals surface area (Å²) in [6.45, 7) is 9.11. The second-order valence-corrected chi connectivity index (χ2v) is 6.74. The number of hydrogen-bond donors (Lipinski definition) is 2. The molecule has 0 unspecified atom stereocenters. The Labute approximate surface area is 153 Å². The molecule has 1 amide bonds. The molecule has 0 spiro atoms. The molecule has 142 valence electrons. The summed E-state index contributed by atoms with van der Waals surface area (Å²) < 4.78 is 11.0. The van der Waals surface area contributed by atoms with Crippen LogP contribution in [0.25, 0.3) is 11.0 Å². The third-order valence-electron chi connectivity index (χ3n) is 5.06. The van der Waals surface area contributed by atoms with Gasteiger partial charge < -0.3 is 19.6 Å². The monoisotopic (exact) mass is 361 g/mol. The maximum atomic E-state index is 12.1. The van der Waals surface area contributed by atoms with E-state index in [4.69, 9.17) is 9.15 Å². The van der Waals surface area contributed by atoms with E-state index in [0.717, 1.165) is 17.4 Å². The van der Waals surface area contributed by atoms with Crippen LogP contribution in [0.4, 0.5) is 0 Å². The minimum absolute atomic E-state index is 0.112. The summed E-state index contributed by atoms with van der Waals surface area (Å²) in [4.78, 5) is 24.0. The van der Waals surface area contributed by atoms with Crippen LogP contribution in [0.5, 0.6) is 5.75 Å². The number of hydrogen-bond acceptors (Lipinski definition) is 5. The van der Waals surface area contributed by atoms with E-state index in [1.165, 1.54) is 0 Å². The lowest BCUT2D eigenvalue weighted by Gasteiger charge is -2.22. The largest absolute Gasteiger partial charge is 0.483 e. The highest BCUT2D eigenvalue weighted by molar-refractivity contribution is 5.85. The highest BCUT2D eigenvalue weighted by Gasteiger charge is 2.18. The number of aliphatic hydroxyl groups excluding tert-OH is 1. The lowest BCUT2D eigenvalue weighted by atomic mass is 10.00. The Morgan fingerprint density at radius 1 is 1.23 bits per heavy atom. The van der Waals surface area contributed by atoms with E-state index in [-0.39, 0.29) is 36.7 Å². The van der Waals surface area contributed by atoms with E-state index in [1.807, 2.05) is 26.8 Å². The Balaban J connectivity index is 2.17. The SMILES string of the molecule is CC[C@H](C)[C@H](CO)NC(=O)COc1ccc2c(C)c(C)c(=O)oc2c1C. The van der Waals surface area contributed by atoms with Crippen LogP contribution in [-0.2, 0) is 4.79 Å². The summed E-state index contributed by atoms with van der Waals surface area (Å²) in [6, 6.07) is 3.31. The van der Waals surface area contributed by atoms with Crippen LogP contribution in [0.15, 0.2) is 21.3 Å². The van der Waals surface area contributed by atoms with Gasteiger partial charge in [0.15, 0.2) is 6.61 Å². The van der Waals surface area contributed by atoms with Gasteiger partial charge in [-0.2, -0.15) is 0 Å². The average Bonchev–Trinajstić information content (AvgIpc) is 2.63. The molecule has 1 aromatic carbocycles. The van der Waals surface area contributed by atoms with Gasteiger partial charge >= 0.3 is 5.63 Å². The number of nitrogens with one attached hydrogen (secondary N) is 1. The van der Waals surface area contributed by atoms with Crippen LogP contribution in [-0.4, -0.2) is 30.3 Å². The summed E-state index contributed by atoms with van der Waals surface area (Å²) in [5.41, 5.74) is 2.25. The quantitative estimate of drug-likeness (QED) is 0.740. The molecule has 2 rings (SSSR count). The number of benzene rings is 1. The van der Waals surface area contributed by atoms with Gasteiger partial charge in [0, 0.05) is 16.5 Å². The zero-order valence-electron chi connectivity index (χ0n) is 16.0. The lowest BCUT2D eigenvalue weighted by molar-refractivity contribution is -0.124. The molecule has 0 aliphatic heterocycles. The number of ether oxygens (including phenoxy) is 1. The van der Waals surface area contributed by atoms with Crippen LogP contribution in [0, 0.1) is 26.7 Å². The normalized spacial score (nSPS) is 13.5. The van der Waals surface area contributed by atoms with Crippen molar-refractivity contribution in [1.29, 1.82) is 0 Å². The summed E-state index contributed by atoms with van der Waals surface area (Å²) in [7, 11) is 0. The van der Waals surface area contributed by atoms with Crippen LogP contribution < -0.4 is 15.7 Å². The molecule has 0 aliphatic rings. The Hall–Kier alpha value is -2.34. The smallest absolute Gasteiger partial charge is 0.339 e. The fraction of sp³-hybridized carbons (Fsp3) is 0.500. The van der Waals surface area contributed by atoms with E-state index in [1.54, 1.807) is 19.9 Å². The minimum Gasteiger partial charge on any atom is -0.483 e. The van der Waals surface area contributed by atoms with Gasteiger partial charge in [-0.05, 0) is 44.4 Å². The molecule has 0 saturated heterocycles. The number of rotatable bonds is 7. The summed E-state index contributed by atoms with van der Waals surface area (Å²) in [5, 5.41) is 13.0. The second-order valence-electron chi connectivity index (χ2n) is 6.74. The van der Waals surface area contributed by atoms with Crippen molar-refractivity contribution in [3.63, 3.8) is 0 Å². The zero-order valence-corrected chi connectivity index (χ0v) is 16.0. The first-order chi connectivity index (χ1) is 12.3. The zero-order chi connectivity index (χ0) is 19.4. The summed E-state index contributed by atoms with van der Waals surface area (Å²) >= 11 is 0. The number of amides is 1. The van der Waals surface area contributed by atoms with Gasteiger partial charge in [0.05, 0.1) is 12.6 Å². The van der Waals surface area contributed by atoms with Gasteiger partial charge in [-0.1, -0.05) is 20.3 Å². The average molecular weight is 361 g/mol. The van der Waals surface area contributed by atoms with Gasteiger partial charge in [0.2, 0.25) is 0 Å². The third-order valence-corrected chi connectivity index (χ3v) is 5.06. The van der Waals surface area contributed by atoms with E-state index < -0.39 is 0 Å². The second kappa shape index (κ2) is 8.36. The van der Waals surface area contributed by atoms with Gasteiger partial charge in [0.25, 0.3) is 5.91 Å². The Kier molecular flexibility index (Phi) is 6.42. The molecular weight excluding hydrogens is 334 g/mol. The van der Waals surface area contributed by atoms with Crippen LogP contribution in [0.1, 0.15) is 37.0 Å². The maximum Gasteiger partial charge on any atom is 0.339 e. The van der Waals surface area contributed by atoms with Crippen LogP contribution in [0.2, 0.25) is 0 Å². The molecule has 6 nitrogen and oxygen atoms in total. The molecule has 0 fully saturated rings. The van der Waals surface area contributed by atoms with Crippen molar-refractivity contribution in [3.8, 4) is 5.75 Å². The van der Waals surface area contributed by atoms with Gasteiger partial charge in [0.1, 0.15) is 11.3 Å². The highest BCUT2D eigenvalue weighted by Crippen LogP contribution is 2.29. The van der Waals surface area contributed by atoms with Crippen LogP contribution >= 0.6 is 0 Å². The van der Waals surface area contributed by atoms with E-state index in [2.05, 4.69) is 5.32 Å². The van der Waals surface area contributed by atoms with Gasteiger partial charge in [-0.15, -0.1) is 0 Å². The predicted molar refractivity (Wildman–Crippen MR) is 101 cm³/mol. The molecule has 1 aromatic heterocycles. The highest BCUT2D eigenvalue weighted by atomic mass is 16.5. The molecule has 2 atom stereocenters. The number of aryl methyl sites for hydroxylation is 2. The first-order valence-corrected chi connectivity index (χ1v) is 8.86. The topological polar surface area (TPSA) is 88.8 Å². The fourth-order valence-corrected chi connectivity index (χ4v) is 2.83. The molecular formula is C20H27NO5. The molecule has 0 aliphatic carbocycles. The van der Waals surface area contributed by atoms with Crippen molar-refractivity contribution in [1.82, 2.24) is 5.32 Å². The lowest BCUT2D eigenvalue weighted by Crippen LogP contribution is -2.43. The standard InChI is InChI=1S/C20H27NO5/c1-6-11(2)16(9-22)21-18(23)10-25-17-8-7-15-12(3)13(4)20(24)26-19(15)14(17)5/h7-8,11,16,22H,6,9-10H2,1-5H3,(H,21,23)/t11-,16-/m0/s1. The minimum atomic E-state index is -0.368. The molecule has 0 saturated carbocycles. The molecule has 0 bridgehead atoms. The maximum absolute atomic E-state index is 12.1. The van der Waals surface area contributed by atoms with Crippen molar-refractivity contribution in [3.05, 3.63) is 39.2 Å². The molecule has 1 heterocycles. The number of carbonyl (C=O) groups excluding carboxylic acids is 1. The first kappa shape index (κ1) is 20.0. The van der Waals surface area contributed by atoms with E-state index in [0.29, 0.717) is 22.5 Å². The number of aliphatic hydroxyl groups is 1. The number of carbonyl (C=O) groups is 1. The van der Waals surface area contributed by atoms with Crippen molar-refractivity contribution >= 4 is 16.9 Å². The third kappa shape index (κ3) is 4.07. The molecule has 2 N–H and O–H groups in total. The van der Waals surface area contributed by atoms with Gasteiger partial charge in [-0.3, -0.25) is 4.79 Å². The van der Waals surface area contributed by atoms with Crippen molar-refractivity contribution in [2.24, 2.45) is 5.92 Å². The Morgan fingerprint density at radius 2 is 1.92 bits per heavy atom. The Bertz CT molecular complexity index is 855. The Morgan fingerprint density at radius 3 is 2.54 bits per heavy atom. The summed E-state index contributed by atoms with van der Waals surface area (Å²) in [6.07, 6.45) is 0.855. The molecule has 2 aromatic rings. The summed E-state index contributed by atoms with van der Waals surface area (Å²) in [5.74, 6) is 0.361. The first-order valence-electron chi connectivity index (χ1n) is 8.86. The van der Waals surface area contributed by atoms with E-state index in [9.17, 15) is 14.7 Å². The number of fused-ring (bicyclic) bond motifs is 1. The van der Waals surface area contributed by atoms with Crippen molar-refractivity contribution < 1.29 is 19.1 Å². The van der Waals surface area contributed by atoms with E-state index >= 15 is 0 Å². The fourth-order valence-electron chi connectivity index (χ4n) is 2.83. The molecule has 26 heavy (non-hydrogen) atoms.